The first-order valence-electron chi connectivity index (χ1n) is 9.57. The predicted octanol–water partition coefficient (Wildman–Crippen LogP) is 4.18. The number of primary amides is 1. The van der Waals surface area contributed by atoms with Crippen LogP contribution in [0.3, 0.4) is 0 Å². The molecule has 0 unspecified atom stereocenters. The largest absolute Gasteiger partial charge is 0.368 e. The summed E-state index contributed by atoms with van der Waals surface area (Å²) in [6, 6.07) is 21.3. The van der Waals surface area contributed by atoms with Crippen molar-refractivity contribution < 1.29 is 14.0 Å². The minimum atomic E-state index is -0.955. The summed E-state index contributed by atoms with van der Waals surface area (Å²) in [6.07, 6.45) is 1.04. The zero-order valence-corrected chi connectivity index (χ0v) is 15.8. The summed E-state index contributed by atoms with van der Waals surface area (Å²) in [5.74, 6) is -1.21. The molecule has 0 saturated carbocycles. The van der Waals surface area contributed by atoms with Crippen molar-refractivity contribution in [2.45, 2.75) is 24.9 Å². The number of carbonyl (C=O) groups is 2. The summed E-state index contributed by atoms with van der Waals surface area (Å²) in [5.41, 5.74) is 8.22. The lowest BCUT2D eigenvalue weighted by Crippen LogP contribution is -2.43. The molecule has 146 valence electrons. The van der Waals surface area contributed by atoms with E-state index in [0.717, 1.165) is 5.56 Å². The highest BCUT2D eigenvalue weighted by Crippen LogP contribution is 2.41. The summed E-state index contributed by atoms with van der Waals surface area (Å²) >= 11 is 0. The Labute approximate surface area is 168 Å². The molecule has 0 heterocycles. The third-order valence-electron chi connectivity index (χ3n) is 5.44. The van der Waals surface area contributed by atoms with Gasteiger partial charge in [0, 0.05) is 5.56 Å². The Morgan fingerprint density at radius 3 is 2.24 bits per heavy atom. The number of hydrogen-bond acceptors (Lipinski definition) is 2. The number of fused-ring (bicyclic) bond motifs is 1. The van der Waals surface area contributed by atoms with Crippen molar-refractivity contribution in [1.82, 2.24) is 4.90 Å². The van der Waals surface area contributed by atoms with E-state index in [1.165, 1.54) is 11.0 Å². The number of nitrogens with two attached hydrogens (primary N) is 1. The fourth-order valence-electron chi connectivity index (χ4n) is 4.14. The maximum Gasteiger partial charge on any atom is 0.255 e. The van der Waals surface area contributed by atoms with E-state index in [1.807, 2.05) is 18.2 Å². The van der Waals surface area contributed by atoms with Gasteiger partial charge in [-0.2, -0.15) is 0 Å². The molecule has 0 bridgehead atoms. The highest BCUT2D eigenvalue weighted by Gasteiger charge is 2.39. The quantitative estimate of drug-likeness (QED) is 0.713. The van der Waals surface area contributed by atoms with Crippen molar-refractivity contribution in [1.29, 1.82) is 0 Å². The highest BCUT2D eigenvalue weighted by atomic mass is 19.1. The van der Waals surface area contributed by atoms with Crippen LogP contribution in [0.15, 0.2) is 78.9 Å². The van der Waals surface area contributed by atoms with Crippen molar-refractivity contribution in [2.24, 2.45) is 5.73 Å². The Balaban J connectivity index is 1.86. The number of amides is 2. The molecule has 0 fully saturated rings. The van der Waals surface area contributed by atoms with E-state index in [9.17, 15) is 14.0 Å². The monoisotopic (exact) mass is 388 g/mol. The molecular weight excluding hydrogens is 367 g/mol. The molecule has 3 aromatic rings. The molecule has 0 aromatic heterocycles. The molecule has 4 rings (SSSR count). The normalized spacial score (nSPS) is 16.1. The second kappa shape index (κ2) is 7.87. The zero-order chi connectivity index (χ0) is 20.4. The van der Waals surface area contributed by atoms with Gasteiger partial charge < -0.3 is 10.6 Å². The second-order valence-corrected chi connectivity index (χ2v) is 7.16. The van der Waals surface area contributed by atoms with Crippen LogP contribution in [0.5, 0.6) is 0 Å². The summed E-state index contributed by atoms with van der Waals surface area (Å²) in [4.78, 5) is 27.7. The van der Waals surface area contributed by atoms with E-state index in [4.69, 9.17) is 5.73 Å². The molecule has 2 atom stereocenters. The van der Waals surface area contributed by atoms with Gasteiger partial charge in [-0.3, -0.25) is 9.59 Å². The first kappa shape index (κ1) is 18.9. The molecule has 1 aliphatic rings. The van der Waals surface area contributed by atoms with Crippen molar-refractivity contribution in [3.05, 3.63) is 107 Å². The van der Waals surface area contributed by atoms with Gasteiger partial charge in [0.1, 0.15) is 11.9 Å². The van der Waals surface area contributed by atoms with Gasteiger partial charge >= 0.3 is 0 Å². The molecule has 3 aromatic carbocycles. The third-order valence-corrected chi connectivity index (χ3v) is 5.44. The van der Waals surface area contributed by atoms with Crippen LogP contribution in [-0.2, 0) is 11.2 Å². The van der Waals surface area contributed by atoms with E-state index in [0.29, 0.717) is 29.5 Å². The molecule has 29 heavy (non-hydrogen) atoms. The first-order chi connectivity index (χ1) is 14.1. The smallest absolute Gasteiger partial charge is 0.255 e. The van der Waals surface area contributed by atoms with E-state index < -0.39 is 18.0 Å². The lowest BCUT2D eigenvalue weighted by atomic mass is 9.98. The minimum absolute atomic E-state index is 0.285. The minimum Gasteiger partial charge on any atom is -0.368 e. The summed E-state index contributed by atoms with van der Waals surface area (Å²) in [5, 5.41) is 0. The summed E-state index contributed by atoms with van der Waals surface area (Å²) in [6.45, 7) is 0. The lowest BCUT2D eigenvalue weighted by Gasteiger charge is -2.36. The molecule has 0 aliphatic heterocycles. The highest BCUT2D eigenvalue weighted by molar-refractivity contribution is 5.98. The van der Waals surface area contributed by atoms with Gasteiger partial charge in [0.25, 0.3) is 5.91 Å². The van der Waals surface area contributed by atoms with Crippen LogP contribution in [0.1, 0.15) is 45.6 Å². The number of hydrogen-bond donors (Lipinski definition) is 1. The SMILES string of the molecule is NC(=O)[C@H](c1ccccc1)N(C(=O)c1ccccc1)[C@@H]1CCc2c(F)cccc21. The fraction of sp³-hybridized carbons (Fsp3) is 0.167. The lowest BCUT2D eigenvalue weighted by molar-refractivity contribution is -0.123. The second-order valence-electron chi connectivity index (χ2n) is 7.16. The predicted molar refractivity (Wildman–Crippen MR) is 108 cm³/mol. The van der Waals surface area contributed by atoms with Crippen LogP contribution in [0.4, 0.5) is 4.39 Å². The van der Waals surface area contributed by atoms with Crippen LogP contribution in [0, 0.1) is 5.82 Å². The Morgan fingerprint density at radius 2 is 1.59 bits per heavy atom. The number of nitrogens with zero attached hydrogens (tertiary/aromatic N) is 1. The Bertz CT molecular complexity index is 1040. The summed E-state index contributed by atoms with van der Waals surface area (Å²) < 4.78 is 14.3. The molecular formula is C24H21FN2O2. The van der Waals surface area contributed by atoms with Gasteiger partial charge in [0.05, 0.1) is 6.04 Å². The van der Waals surface area contributed by atoms with Crippen molar-refractivity contribution in [2.75, 3.05) is 0 Å². The molecule has 0 spiro atoms. The maximum atomic E-state index is 14.3. The van der Waals surface area contributed by atoms with Gasteiger partial charge in [-0.05, 0) is 47.7 Å². The Kier molecular flexibility index (Phi) is 5.12. The Morgan fingerprint density at radius 1 is 0.931 bits per heavy atom. The molecule has 2 amide bonds. The van der Waals surface area contributed by atoms with E-state index >= 15 is 0 Å². The van der Waals surface area contributed by atoms with Crippen LogP contribution >= 0.6 is 0 Å². The van der Waals surface area contributed by atoms with Gasteiger partial charge in [-0.1, -0.05) is 60.7 Å². The van der Waals surface area contributed by atoms with E-state index in [2.05, 4.69) is 0 Å². The van der Waals surface area contributed by atoms with Gasteiger partial charge in [-0.25, -0.2) is 4.39 Å². The number of benzene rings is 3. The topological polar surface area (TPSA) is 63.4 Å². The van der Waals surface area contributed by atoms with E-state index in [1.54, 1.807) is 54.6 Å². The average molecular weight is 388 g/mol. The zero-order valence-electron chi connectivity index (χ0n) is 15.8. The third kappa shape index (κ3) is 3.51. The van der Waals surface area contributed by atoms with Gasteiger partial charge in [-0.15, -0.1) is 0 Å². The molecule has 0 saturated heterocycles. The molecule has 4 nitrogen and oxygen atoms in total. The van der Waals surface area contributed by atoms with Crippen LogP contribution in [0.2, 0.25) is 0 Å². The maximum absolute atomic E-state index is 14.3. The van der Waals surface area contributed by atoms with Crippen molar-refractivity contribution >= 4 is 11.8 Å². The van der Waals surface area contributed by atoms with Crippen LogP contribution in [0.25, 0.3) is 0 Å². The first-order valence-corrected chi connectivity index (χ1v) is 9.57. The molecule has 5 heteroatoms. The molecule has 1 aliphatic carbocycles. The standard InChI is InChI=1S/C24H21FN2O2/c25-20-13-7-12-19-18(20)14-15-21(19)27(24(29)17-10-5-2-6-11-17)22(23(26)28)16-8-3-1-4-9-16/h1-13,21-22H,14-15H2,(H2,26,28)/t21-,22+/m1/s1. The molecule has 0 radical (unpaired) electrons. The Hall–Kier alpha value is -3.47. The number of rotatable bonds is 5. The summed E-state index contributed by atoms with van der Waals surface area (Å²) in [7, 11) is 0. The number of carbonyl (C=O) groups excluding carboxylic acids is 2. The fourth-order valence-corrected chi connectivity index (χ4v) is 4.14. The van der Waals surface area contributed by atoms with Crippen LogP contribution < -0.4 is 5.73 Å². The van der Waals surface area contributed by atoms with Gasteiger partial charge in [0.2, 0.25) is 5.91 Å². The van der Waals surface area contributed by atoms with E-state index in [-0.39, 0.29) is 11.7 Å². The van der Waals surface area contributed by atoms with Gasteiger partial charge in [0.15, 0.2) is 0 Å². The van der Waals surface area contributed by atoms with Crippen LogP contribution in [-0.4, -0.2) is 16.7 Å². The number of halogens is 1. The van der Waals surface area contributed by atoms with Crippen molar-refractivity contribution in [3.63, 3.8) is 0 Å². The van der Waals surface area contributed by atoms with Crippen molar-refractivity contribution in [3.8, 4) is 0 Å². The average Bonchev–Trinajstić information content (AvgIpc) is 3.17. The molecule has 2 N–H and O–H groups in total.